The van der Waals surface area contributed by atoms with Crippen LogP contribution in [0.5, 0.6) is 0 Å². The lowest BCUT2D eigenvalue weighted by Crippen LogP contribution is -2.13. The quantitative estimate of drug-likeness (QED) is 0.694. The minimum absolute atomic E-state index is 0.481. The van der Waals surface area contributed by atoms with Crippen molar-refractivity contribution in [1.82, 2.24) is 0 Å². The molecule has 0 radical (unpaired) electrons. The Balaban J connectivity index is 2.07. The molecule has 1 aromatic heterocycles. The molecule has 16 heavy (non-hydrogen) atoms. The van der Waals surface area contributed by atoms with Crippen LogP contribution in [0.1, 0.15) is 30.2 Å². The van der Waals surface area contributed by atoms with Gasteiger partial charge in [-0.05, 0) is 25.3 Å². The Bertz CT molecular complexity index is 407. The van der Waals surface area contributed by atoms with Crippen LogP contribution < -0.4 is 0 Å². The van der Waals surface area contributed by atoms with Crippen LogP contribution >= 0.6 is 22.9 Å². The van der Waals surface area contributed by atoms with E-state index < -0.39 is 0 Å². The van der Waals surface area contributed by atoms with E-state index >= 15 is 0 Å². The lowest BCUT2D eigenvalue weighted by Gasteiger charge is -2.16. The molecule has 1 aromatic rings. The molecule has 1 aliphatic heterocycles. The summed E-state index contributed by atoms with van der Waals surface area (Å²) in [6, 6.07) is 2.11. The lowest BCUT2D eigenvalue weighted by atomic mass is 10.0. The molecule has 1 aliphatic rings. The normalized spacial score (nSPS) is 16.9. The van der Waals surface area contributed by atoms with E-state index in [2.05, 4.69) is 24.8 Å². The highest BCUT2D eigenvalue weighted by atomic mass is 35.5. The van der Waals surface area contributed by atoms with Gasteiger partial charge in [0.1, 0.15) is 4.34 Å². The standard InChI is InChI=1S/C13H15ClOS/c1-2-12-9-11(13(14)16-12)4-3-10-5-7-15-8-6-10/h9-10H,2,5-8H2,1H3. The third-order valence-corrected chi connectivity index (χ3v) is 4.22. The van der Waals surface area contributed by atoms with Gasteiger partial charge >= 0.3 is 0 Å². The van der Waals surface area contributed by atoms with Gasteiger partial charge in [-0.1, -0.05) is 30.4 Å². The number of rotatable bonds is 1. The number of aryl methyl sites for hydroxylation is 1. The van der Waals surface area contributed by atoms with Crippen LogP contribution in [0.25, 0.3) is 0 Å². The number of ether oxygens (including phenoxy) is 1. The summed E-state index contributed by atoms with van der Waals surface area (Å²) in [7, 11) is 0. The molecule has 0 bridgehead atoms. The van der Waals surface area contributed by atoms with Gasteiger partial charge in [-0.25, -0.2) is 0 Å². The first-order valence-corrected chi connectivity index (χ1v) is 6.86. The fourth-order valence-corrected chi connectivity index (χ4v) is 2.87. The molecule has 2 heterocycles. The van der Waals surface area contributed by atoms with E-state index in [4.69, 9.17) is 16.3 Å². The van der Waals surface area contributed by atoms with E-state index in [1.807, 2.05) is 0 Å². The lowest BCUT2D eigenvalue weighted by molar-refractivity contribution is 0.0807. The summed E-state index contributed by atoms with van der Waals surface area (Å²) >= 11 is 7.77. The number of halogens is 1. The van der Waals surface area contributed by atoms with Crippen LogP contribution in [-0.4, -0.2) is 13.2 Å². The summed E-state index contributed by atoms with van der Waals surface area (Å²) < 4.78 is 6.14. The first kappa shape index (κ1) is 12.0. The molecular formula is C13H15ClOS. The summed E-state index contributed by atoms with van der Waals surface area (Å²) in [5, 5.41) is 0. The van der Waals surface area contributed by atoms with E-state index in [0.29, 0.717) is 5.92 Å². The number of hydrogen-bond acceptors (Lipinski definition) is 2. The monoisotopic (exact) mass is 254 g/mol. The van der Waals surface area contributed by atoms with Crippen LogP contribution in [0, 0.1) is 17.8 Å². The molecule has 0 unspecified atom stereocenters. The Morgan fingerprint density at radius 1 is 1.50 bits per heavy atom. The predicted octanol–water partition coefficient (Wildman–Crippen LogP) is 3.74. The van der Waals surface area contributed by atoms with Gasteiger partial charge in [-0.3, -0.25) is 0 Å². The first-order chi connectivity index (χ1) is 7.79. The van der Waals surface area contributed by atoms with Crippen LogP contribution in [0.2, 0.25) is 4.34 Å². The third kappa shape index (κ3) is 3.01. The minimum atomic E-state index is 0.481. The predicted molar refractivity (Wildman–Crippen MR) is 69.1 cm³/mol. The average Bonchev–Trinajstić information content (AvgIpc) is 2.69. The molecule has 0 spiro atoms. The maximum Gasteiger partial charge on any atom is 0.109 e. The molecule has 3 heteroatoms. The second-order valence-electron chi connectivity index (χ2n) is 3.91. The van der Waals surface area contributed by atoms with E-state index in [9.17, 15) is 0 Å². The molecule has 0 aliphatic carbocycles. The Morgan fingerprint density at radius 2 is 2.25 bits per heavy atom. The average molecular weight is 255 g/mol. The van der Waals surface area contributed by atoms with E-state index in [-0.39, 0.29) is 0 Å². The molecule has 2 rings (SSSR count). The fourth-order valence-electron chi connectivity index (χ4n) is 1.70. The number of hydrogen-bond donors (Lipinski definition) is 0. The van der Waals surface area contributed by atoms with E-state index in [0.717, 1.165) is 42.4 Å². The van der Waals surface area contributed by atoms with Crippen molar-refractivity contribution in [2.45, 2.75) is 26.2 Å². The number of thiophene rings is 1. The molecule has 1 saturated heterocycles. The topological polar surface area (TPSA) is 9.23 Å². The zero-order valence-electron chi connectivity index (χ0n) is 9.38. The second kappa shape index (κ2) is 5.72. The zero-order chi connectivity index (χ0) is 11.4. The summed E-state index contributed by atoms with van der Waals surface area (Å²) in [6.07, 6.45) is 3.13. The highest BCUT2D eigenvalue weighted by Crippen LogP contribution is 2.27. The molecule has 1 fully saturated rings. The molecule has 0 aromatic carbocycles. The van der Waals surface area contributed by atoms with Gasteiger partial charge in [-0.2, -0.15) is 0 Å². The summed E-state index contributed by atoms with van der Waals surface area (Å²) in [4.78, 5) is 1.31. The van der Waals surface area contributed by atoms with Crippen LogP contribution in [0.15, 0.2) is 6.07 Å². The molecule has 0 N–H and O–H groups in total. The molecule has 0 amide bonds. The van der Waals surface area contributed by atoms with Gasteiger partial charge in [0.2, 0.25) is 0 Å². The third-order valence-electron chi connectivity index (χ3n) is 2.72. The van der Waals surface area contributed by atoms with Gasteiger partial charge in [0.25, 0.3) is 0 Å². The Labute approximate surface area is 106 Å². The van der Waals surface area contributed by atoms with Gasteiger partial charge < -0.3 is 4.74 Å². The summed E-state index contributed by atoms with van der Waals surface area (Å²) in [5.41, 5.74) is 0.995. The van der Waals surface area contributed by atoms with Gasteiger partial charge in [0, 0.05) is 24.0 Å². The minimum Gasteiger partial charge on any atom is -0.381 e. The van der Waals surface area contributed by atoms with Crippen molar-refractivity contribution in [2.75, 3.05) is 13.2 Å². The maximum absolute atomic E-state index is 6.13. The highest BCUT2D eigenvalue weighted by Gasteiger charge is 2.10. The van der Waals surface area contributed by atoms with E-state index in [1.165, 1.54) is 4.88 Å². The second-order valence-corrected chi connectivity index (χ2v) is 5.65. The Kier molecular flexibility index (Phi) is 4.29. The first-order valence-electron chi connectivity index (χ1n) is 5.67. The summed E-state index contributed by atoms with van der Waals surface area (Å²) in [6.45, 7) is 3.83. The van der Waals surface area contributed by atoms with Crippen molar-refractivity contribution in [2.24, 2.45) is 5.92 Å². The molecular weight excluding hydrogens is 240 g/mol. The van der Waals surface area contributed by atoms with Crippen molar-refractivity contribution in [3.8, 4) is 11.8 Å². The van der Waals surface area contributed by atoms with Crippen molar-refractivity contribution in [3.63, 3.8) is 0 Å². The van der Waals surface area contributed by atoms with Crippen LogP contribution in [0.3, 0.4) is 0 Å². The summed E-state index contributed by atoms with van der Waals surface area (Å²) in [5.74, 6) is 7.00. The Hall–Kier alpha value is -0.490. The zero-order valence-corrected chi connectivity index (χ0v) is 11.0. The largest absolute Gasteiger partial charge is 0.381 e. The SMILES string of the molecule is CCc1cc(C#CC2CCOCC2)c(Cl)s1. The van der Waals surface area contributed by atoms with Crippen molar-refractivity contribution in [1.29, 1.82) is 0 Å². The maximum atomic E-state index is 6.13. The molecule has 0 saturated carbocycles. The van der Waals surface area contributed by atoms with E-state index in [1.54, 1.807) is 11.3 Å². The van der Waals surface area contributed by atoms with Gasteiger partial charge in [0.05, 0.1) is 5.56 Å². The van der Waals surface area contributed by atoms with Crippen LogP contribution in [-0.2, 0) is 11.2 Å². The Morgan fingerprint density at radius 3 is 2.88 bits per heavy atom. The van der Waals surface area contributed by atoms with Crippen molar-refractivity contribution in [3.05, 3.63) is 20.8 Å². The van der Waals surface area contributed by atoms with Crippen molar-refractivity contribution >= 4 is 22.9 Å². The molecule has 86 valence electrons. The highest BCUT2D eigenvalue weighted by molar-refractivity contribution is 7.16. The molecule has 0 atom stereocenters. The van der Waals surface area contributed by atoms with Gasteiger partial charge in [0.15, 0.2) is 0 Å². The van der Waals surface area contributed by atoms with Crippen molar-refractivity contribution < 1.29 is 4.74 Å². The fraction of sp³-hybridized carbons (Fsp3) is 0.538. The van der Waals surface area contributed by atoms with Gasteiger partial charge in [-0.15, -0.1) is 11.3 Å². The smallest absolute Gasteiger partial charge is 0.109 e. The van der Waals surface area contributed by atoms with Crippen LogP contribution in [0.4, 0.5) is 0 Å². The molecule has 1 nitrogen and oxygen atoms in total.